The molecule has 26 heavy (non-hydrogen) atoms. The molecule has 1 N–H and O–H groups in total. The Kier molecular flexibility index (Phi) is 3.43. The Morgan fingerprint density at radius 3 is 2.27 bits per heavy atom. The van der Waals surface area contributed by atoms with Crippen molar-refractivity contribution in [1.82, 2.24) is 4.31 Å². The van der Waals surface area contributed by atoms with Gasteiger partial charge in [-0.2, -0.15) is 0 Å². The molecule has 2 aliphatic carbocycles. The summed E-state index contributed by atoms with van der Waals surface area (Å²) in [4.78, 5) is 37.3. The van der Waals surface area contributed by atoms with E-state index in [1.807, 2.05) is 0 Å². The van der Waals surface area contributed by atoms with Crippen molar-refractivity contribution in [3.63, 3.8) is 0 Å². The predicted octanol–water partition coefficient (Wildman–Crippen LogP) is 1.61. The maximum absolute atomic E-state index is 12.6. The third-order valence-electron chi connectivity index (χ3n) is 5.72. The fourth-order valence-corrected chi connectivity index (χ4v) is 5.54. The number of hydrogen-bond donors (Lipinski definition) is 1. The fourth-order valence-electron chi connectivity index (χ4n) is 4.19. The van der Waals surface area contributed by atoms with Gasteiger partial charge in [0.25, 0.3) is 15.9 Å². The van der Waals surface area contributed by atoms with E-state index >= 15 is 0 Å². The Labute approximate surface area is 150 Å². The van der Waals surface area contributed by atoms with Gasteiger partial charge < -0.3 is 5.11 Å². The number of amides is 1. The molecule has 1 heterocycles. The Morgan fingerprint density at radius 1 is 1.12 bits per heavy atom. The van der Waals surface area contributed by atoms with E-state index in [9.17, 15) is 27.9 Å². The summed E-state index contributed by atoms with van der Waals surface area (Å²) in [5.41, 5.74) is 0.133. The van der Waals surface area contributed by atoms with Crippen LogP contribution in [0.3, 0.4) is 0 Å². The van der Waals surface area contributed by atoms with Gasteiger partial charge in [0.05, 0.1) is 5.56 Å². The number of carbonyl (C=O) groups is 3. The Bertz CT molecular complexity index is 1010. The van der Waals surface area contributed by atoms with E-state index < -0.39 is 21.7 Å². The van der Waals surface area contributed by atoms with Crippen LogP contribution < -0.4 is 0 Å². The summed E-state index contributed by atoms with van der Waals surface area (Å²) in [6, 6.07) is 2.58. The lowest BCUT2D eigenvalue weighted by Crippen LogP contribution is -2.30. The summed E-state index contributed by atoms with van der Waals surface area (Å²) < 4.78 is 25.1. The van der Waals surface area contributed by atoms with Gasteiger partial charge in [-0.15, -0.1) is 0 Å². The van der Waals surface area contributed by atoms with Gasteiger partial charge in [-0.05, 0) is 43.9 Å². The Hall–Kier alpha value is -2.48. The fraction of sp³-hybridized carbons (Fsp3) is 0.389. The number of hydrogen-bond acceptors (Lipinski definition) is 6. The maximum atomic E-state index is 12.6. The quantitative estimate of drug-likeness (QED) is 0.454. The number of carbonyl (C=O) groups excluding carboxylic acids is 3. The van der Waals surface area contributed by atoms with Crippen molar-refractivity contribution in [2.24, 2.45) is 11.8 Å². The first-order valence-corrected chi connectivity index (χ1v) is 9.79. The van der Waals surface area contributed by atoms with Crippen LogP contribution in [-0.4, -0.2) is 42.4 Å². The van der Waals surface area contributed by atoms with Crippen molar-refractivity contribution in [1.29, 1.82) is 0 Å². The number of rotatable bonds is 1. The minimum absolute atomic E-state index is 0.0316. The van der Waals surface area contributed by atoms with Crippen molar-refractivity contribution in [2.75, 3.05) is 7.05 Å². The van der Waals surface area contributed by atoms with Crippen molar-refractivity contribution >= 4 is 33.3 Å². The molecule has 136 valence electrons. The zero-order valence-electron chi connectivity index (χ0n) is 14.3. The van der Waals surface area contributed by atoms with E-state index in [1.165, 1.54) is 26.1 Å². The Balaban J connectivity index is 1.92. The summed E-state index contributed by atoms with van der Waals surface area (Å²) >= 11 is 0. The van der Waals surface area contributed by atoms with E-state index in [4.69, 9.17) is 0 Å². The van der Waals surface area contributed by atoms with Gasteiger partial charge in [-0.25, -0.2) is 12.7 Å². The summed E-state index contributed by atoms with van der Waals surface area (Å²) in [5, 5.41) is 10.7. The first kappa shape index (κ1) is 17.0. The summed E-state index contributed by atoms with van der Waals surface area (Å²) in [7, 11) is -2.73. The van der Waals surface area contributed by atoms with Crippen molar-refractivity contribution in [3.8, 4) is 0 Å². The second-order valence-electron chi connectivity index (χ2n) is 7.05. The molecule has 4 rings (SSSR count). The number of aliphatic hydroxyl groups is 1. The molecule has 0 radical (unpaired) electrons. The van der Waals surface area contributed by atoms with E-state index in [0.29, 0.717) is 23.6 Å². The van der Waals surface area contributed by atoms with Crippen LogP contribution in [0.4, 0.5) is 0 Å². The molecule has 1 aromatic rings. The van der Waals surface area contributed by atoms with E-state index in [2.05, 4.69) is 0 Å². The zero-order chi connectivity index (χ0) is 19.0. The van der Waals surface area contributed by atoms with Crippen LogP contribution >= 0.6 is 0 Å². The topological polar surface area (TPSA) is 109 Å². The molecule has 7 nitrogen and oxygen atoms in total. The van der Waals surface area contributed by atoms with Crippen molar-refractivity contribution < 1.29 is 27.9 Å². The number of sulfonamides is 1. The van der Waals surface area contributed by atoms with Gasteiger partial charge in [0.2, 0.25) is 0 Å². The van der Waals surface area contributed by atoms with E-state index in [0.717, 1.165) is 0 Å². The highest BCUT2D eigenvalue weighted by atomic mass is 32.2. The number of benzene rings is 1. The third-order valence-corrected chi connectivity index (χ3v) is 7.51. The molecule has 2 unspecified atom stereocenters. The van der Waals surface area contributed by atoms with Crippen LogP contribution in [0.15, 0.2) is 22.6 Å². The van der Waals surface area contributed by atoms with Gasteiger partial charge in [-0.3, -0.25) is 14.4 Å². The number of fused-ring (bicyclic) bond motifs is 3. The molecule has 1 aliphatic heterocycles. The molecule has 1 amide bonds. The van der Waals surface area contributed by atoms with Gasteiger partial charge >= 0.3 is 0 Å². The monoisotopic (exact) mass is 375 g/mol. The molecular weight excluding hydrogens is 358 g/mol. The lowest BCUT2D eigenvalue weighted by atomic mass is 9.81. The molecule has 8 heteroatoms. The summed E-state index contributed by atoms with van der Waals surface area (Å²) in [6.45, 7) is 1.50. The minimum atomic E-state index is -3.90. The molecule has 2 fully saturated rings. The SMILES string of the molecule is Cc1c(C(O)=C2C(=O)C3CCC(C3)C2=O)ccc2c1C(=O)N(C)S2(=O)=O. The number of ketones is 2. The lowest BCUT2D eigenvalue weighted by molar-refractivity contribution is -0.127. The third kappa shape index (κ3) is 1.99. The van der Waals surface area contributed by atoms with Crippen LogP contribution in [0, 0.1) is 18.8 Å². The Morgan fingerprint density at radius 2 is 1.69 bits per heavy atom. The molecule has 0 aromatic heterocycles. The molecular formula is C18H17NO6S. The molecule has 2 bridgehead atoms. The van der Waals surface area contributed by atoms with Crippen LogP contribution in [0.1, 0.15) is 40.7 Å². The van der Waals surface area contributed by atoms with Crippen LogP contribution in [0.25, 0.3) is 5.76 Å². The predicted molar refractivity (Wildman–Crippen MR) is 90.9 cm³/mol. The standard InChI is InChI=1S/C18H17NO6S/c1-8-11(5-6-12-13(8)18(23)19(2)26(12,24)25)17(22)14-15(20)9-3-4-10(7-9)16(14)21/h5-6,9-10,22H,3-4,7H2,1-2H3. The smallest absolute Gasteiger partial charge is 0.269 e. The molecule has 0 spiro atoms. The van der Waals surface area contributed by atoms with Crippen molar-refractivity contribution in [2.45, 2.75) is 31.1 Å². The molecule has 2 saturated carbocycles. The maximum Gasteiger partial charge on any atom is 0.269 e. The highest BCUT2D eigenvalue weighted by Crippen LogP contribution is 2.43. The van der Waals surface area contributed by atoms with Crippen LogP contribution in [0.2, 0.25) is 0 Å². The molecule has 0 saturated heterocycles. The van der Waals surface area contributed by atoms with Gasteiger partial charge in [0.1, 0.15) is 16.2 Å². The minimum Gasteiger partial charge on any atom is -0.506 e. The van der Waals surface area contributed by atoms with Gasteiger partial charge in [-0.1, -0.05) is 0 Å². The zero-order valence-corrected chi connectivity index (χ0v) is 15.1. The number of aliphatic hydroxyl groups excluding tert-OH is 1. The molecule has 1 aromatic carbocycles. The van der Waals surface area contributed by atoms with E-state index in [1.54, 1.807) is 0 Å². The number of Topliss-reactive ketones (excluding diaryl/α,β-unsaturated/α-hetero) is 2. The number of allylic oxidation sites excluding steroid dienone is 1. The highest BCUT2D eigenvalue weighted by Gasteiger charge is 2.46. The molecule has 2 atom stereocenters. The van der Waals surface area contributed by atoms with E-state index in [-0.39, 0.29) is 50.6 Å². The van der Waals surface area contributed by atoms with Crippen LogP contribution in [-0.2, 0) is 19.6 Å². The average Bonchev–Trinajstić information content (AvgIpc) is 3.11. The largest absolute Gasteiger partial charge is 0.506 e. The summed E-state index contributed by atoms with van der Waals surface area (Å²) in [6.07, 6.45) is 1.80. The normalized spacial score (nSPS) is 26.5. The molecule has 3 aliphatic rings. The second kappa shape index (κ2) is 5.26. The van der Waals surface area contributed by atoms with Gasteiger partial charge in [0, 0.05) is 24.4 Å². The van der Waals surface area contributed by atoms with Crippen molar-refractivity contribution in [3.05, 3.63) is 34.4 Å². The lowest BCUT2D eigenvalue weighted by Gasteiger charge is -2.21. The first-order valence-electron chi connectivity index (χ1n) is 8.35. The van der Waals surface area contributed by atoms with Crippen LogP contribution in [0.5, 0.6) is 0 Å². The second-order valence-corrected chi connectivity index (χ2v) is 8.99. The highest BCUT2D eigenvalue weighted by molar-refractivity contribution is 7.90. The summed E-state index contributed by atoms with van der Waals surface area (Å²) in [5.74, 6) is -2.39. The van der Waals surface area contributed by atoms with Gasteiger partial charge in [0.15, 0.2) is 11.6 Å². The number of nitrogens with zero attached hydrogens (tertiary/aromatic N) is 1. The average molecular weight is 375 g/mol. The first-order chi connectivity index (χ1) is 12.2.